The molecular formula is C29H22ClN3O2S. The molecule has 36 heavy (non-hydrogen) atoms. The number of halogens is 1. The van der Waals surface area contributed by atoms with Crippen molar-refractivity contribution in [1.29, 1.82) is 0 Å². The van der Waals surface area contributed by atoms with E-state index in [9.17, 15) is 8.42 Å². The molecule has 0 aliphatic heterocycles. The highest BCUT2D eigenvalue weighted by Crippen LogP contribution is 2.31. The van der Waals surface area contributed by atoms with Gasteiger partial charge >= 0.3 is 0 Å². The highest BCUT2D eigenvalue weighted by Gasteiger charge is 2.22. The summed E-state index contributed by atoms with van der Waals surface area (Å²) >= 11 is 6.13. The van der Waals surface area contributed by atoms with Crippen LogP contribution < -0.4 is 0 Å². The normalized spacial score (nSPS) is 11.9. The lowest BCUT2D eigenvalue weighted by Gasteiger charge is -2.09. The van der Waals surface area contributed by atoms with E-state index in [1.165, 1.54) is 3.97 Å². The Labute approximate surface area is 214 Å². The number of aromatic nitrogens is 3. The van der Waals surface area contributed by atoms with E-state index in [0.29, 0.717) is 17.1 Å². The van der Waals surface area contributed by atoms with Crippen LogP contribution in [-0.4, -0.2) is 21.9 Å². The highest BCUT2D eigenvalue weighted by molar-refractivity contribution is 7.90. The van der Waals surface area contributed by atoms with Crippen molar-refractivity contribution >= 4 is 43.6 Å². The zero-order valence-corrected chi connectivity index (χ0v) is 21.0. The minimum Gasteiger partial charge on any atom is -0.319 e. The fourth-order valence-corrected chi connectivity index (χ4v) is 6.11. The Balaban J connectivity index is 1.53. The summed E-state index contributed by atoms with van der Waals surface area (Å²) in [5, 5.41) is 1.54. The summed E-state index contributed by atoms with van der Waals surface area (Å²) in [5.74, 6) is 0.797. The Hall–Kier alpha value is -3.87. The van der Waals surface area contributed by atoms with Gasteiger partial charge in [0.15, 0.2) is 0 Å². The molecule has 0 atom stereocenters. The standard InChI is InChI=1S/C29H22ClN3O2S/c1-20-10-16-24(17-11-20)36(34,35)33-19-22(25-6-2-4-8-27(25)33)18-32-28-9-5-3-7-26(28)31-29(32)21-12-14-23(30)15-13-21/h2-17,19H,18H2,1H3. The van der Waals surface area contributed by atoms with Crippen LogP contribution in [0.5, 0.6) is 0 Å². The SMILES string of the molecule is Cc1ccc(S(=O)(=O)n2cc(Cn3c(-c4ccc(Cl)cc4)nc4ccccc43)c3ccccc32)cc1. The van der Waals surface area contributed by atoms with E-state index in [1.807, 2.05) is 91.9 Å². The molecule has 2 aromatic heterocycles. The number of rotatable bonds is 5. The van der Waals surface area contributed by atoms with Crippen molar-refractivity contribution in [3.63, 3.8) is 0 Å². The topological polar surface area (TPSA) is 56.9 Å². The van der Waals surface area contributed by atoms with Gasteiger partial charge < -0.3 is 4.57 Å². The van der Waals surface area contributed by atoms with Crippen LogP contribution in [0.2, 0.25) is 5.02 Å². The maximum Gasteiger partial charge on any atom is 0.268 e. The average Bonchev–Trinajstić information content (AvgIpc) is 3.44. The molecule has 0 radical (unpaired) electrons. The smallest absolute Gasteiger partial charge is 0.268 e. The van der Waals surface area contributed by atoms with Gasteiger partial charge in [0.05, 0.1) is 28.0 Å². The van der Waals surface area contributed by atoms with E-state index >= 15 is 0 Å². The molecule has 0 aliphatic carbocycles. The molecule has 0 spiro atoms. The van der Waals surface area contributed by atoms with E-state index in [4.69, 9.17) is 16.6 Å². The van der Waals surface area contributed by atoms with Crippen LogP contribution >= 0.6 is 11.6 Å². The molecule has 4 aromatic carbocycles. The number of aryl methyl sites for hydroxylation is 1. The second-order valence-electron chi connectivity index (χ2n) is 8.80. The Morgan fingerprint density at radius 3 is 2.22 bits per heavy atom. The molecule has 6 aromatic rings. The summed E-state index contributed by atoms with van der Waals surface area (Å²) in [6.07, 6.45) is 1.74. The number of hydrogen-bond acceptors (Lipinski definition) is 3. The van der Waals surface area contributed by atoms with E-state index < -0.39 is 10.0 Å². The molecule has 0 bridgehead atoms. The third kappa shape index (κ3) is 3.79. The van der Waals surface area contributed by atoms with E-state index in [-0.39, 0.29) is 4.90 Å². The first-order valence-corrected chi connectivity index (χ1v) is 13.4. The van der Waals surface area contributed by atoms with Crippen molar-refractivity contribution in [3.05, 3.63) is 119 Å². The first-order chi connectivity index (χ1) is 17.4. The first-order valence-electron chi connectivity index (χ1n) is 11.5. The van der Waals surface area contributed by atoms with E-state index in [0.717, 1.165) is 38.9 Å². The highest BCUT2D eigenvalue weighted by atomic mass is 35.5. The van der Waals surface area contributed by atoms with Crippen molar-refractivity contribution in [2.24, 2.45) is 0 Å². The van der Waals surface area contributed by atoms with Gasteiger partial charge in [-0.15, -0.1) is 0 Å². The zero-order chi connectivity index (χ0) is 24.9. The third-order valence-corrected chi connectivity index (χ3v) is 8.36. The molecular weight excluding hydrogens is 490 g/mol. The van der Waals surface area contributed by atoms with Crippen LogP contribution in [0.15, 0.2) is 108 Å². The van der Waals surface area contributed by atoms with Crippen LogP contribution in [0.1, 0.15) is 11.1 Å². The molecule has 0 N–H and O–H groups in total. The largest absolute Gasteiger partial charge is 0.319 e. The summed E-state index contributed by atoms with van der Waals surface area (Å²) in [5.41, 5.74) is 5.32. The van der Waals surface area contributed by atoms with Crippen LogP contribution in [0, 0.1) is 6.92 Å². The van der Waals surface area contributed by atoms with Crippen LogP contribution in [-0.2, 0) is 16.6 Å². The molecule has 0 saturated heterocycles. The summed E-state index contributed by atoms with van der Waals surface area (Å²) in [6.45, 7) is 2.39. The van der Waals surface area contributed by atoms with Crippen LogP contribution in [0.3, 0.4) is 0 Å². The lowest BCUT2D eigenvalue weighted by molar-refractivity contribution is 0.589. The fourth-order valence-electron chi connectivity index (χ4n) is 4.59. The number of para-hydroxylation sites is 3. The number of fused-ring (bicyclic) bond motifs is 2. The predicted molar refractivity (Wildman–Crippen MR) is 145 cm³/mol. The molecule has 0 amide bonds. The van der Waals surface area contributed by atoms with Crippen molar-refractivity contribution in [3.8, 4) is 11.4 Å². The maximum absolute atomic E-state index is 13.6. The molecule has 0 unspecified atom stereocenters. The maximum atomic E-state index is 13.6. The van der Waals surface area contributed by atoms with Gasteiger partial charge in [0.2, 0.25) is 0 Å². The van der Waals surface area contributed by atoms with Gasteiger partial charge in [0, 0.05) is 22.2 Å². The Morgan fingerprint density at radius 2 is 1.47 bits per heavy atom. The van der Waals surface area contributed by atoms with Gasteiger partial charge in [0.25, 0.3) is 10.0 Å². The van der Waals surface area contributed by atoms with E-state index in [1.54, 1.807) is 18.3 Å². The quantitative estimate of drug-likeness (QED) is 0.253. The molecule has 6 rings (SSSR count). The van der Waals surface area contributed by atoms with Crippen LogP contribution in [0.4, 0.5) is 0 Å². The van der Waals surface area contributed by atoms with Gasteiger partial charge in [0.1, 0.15) is 5.82 Å². The number of hydrogen-bond donors (Lipinski definition) is 0. The van der Waals surface area contributed by atoms with Gasteiger partial charge in [-0.1, -0.05) is 59.6 Å². The second kappa shape index (κ2) is 8.66. The van der Waals surface area contributed by atoms with Crippen molar-refractivity contribution in [2.75, 3.05) is 0 Å². The molecule has 0 saturated carbocycles. The van der Waals surface area contributed by atoms with Crippen molar-refractivity contribution in [1.82, 2.24) is 13.5 Å². The zero-order valence-electron chi connectivity index (χ0n) is 19.5. The van der Waals surface area contributed by atoms with Crippen LogP contribution in [0.25, 0.3) is 33.3 Å². The fraction of sp³-hybridized carbons (Fsp3) is 0.0690. The van der Waals surface area contributed by atoms with Gasteiger partial charge in [-0.05, 0) is 67.1 Å². The molecule has 7 heteroatoms. The van der Waals surface area contributed by atoms with Crippen molar-refractivity contribution < 1.29 is 8.42 Å². The third-order valence-electron chi connectivity index (χ3n) is 6.42. The lowest BCUT2D eigenvalue weighted by atomic mass is 10.1. The monoisotopic (exact) mass is 511 g/mol. The van der Waals surface area contributed by atoms with E-state index in [2.05, 4.69) is 4.57 Å². The second-order valence-corrected chi connectivity index (χ2v) is 11.1. The minimum atomic E-state index is -3.77. The molecule has 0 fully saturated rings. The lowest BCUT2D eigenvalue weighted by Crippen LogP contribution is -2.12. The van der Waals surface area contributed by atoms with Gasteiger partial charge in [-0.3, -0.25) is 0 Å². The summed E-state index contributed by atoms with van der Waals surface area (Å²) in [4.78, 5) is 5.15. The number of benzene rings is 4. The Bertz CT molecular complexity index is 1830. The Morgan fingerprint density at radius 1 is 0.806 bits per heavy atom. The Kier molecular flexibility index (Phi) is 5.43. The first kappa shape index (κ1) is 22.6. The summed E-state index contributed by atoms with van der Waals surface area (Å²) < 4.78 is 30.8. The molecule has 0 aliphatic rings. The van der Waals surface area contributed by atoms with Gasteiger partial charge in [-0.2, -0.15) is 0 Å². The number of imidazole rings is 1. The van der Waals surface area contributed by atoms with Crippen molar-refractivity contribution in [2.45, 2.75) is 18.4 Å². The number of nitrogens with zero attached hydrogens (tertiary/aromatic N) is 3. The molecule has 2 heterocycles. The molecule has 178 valence electrons. The molecule has 5 nitrogen and oxygen atoms in total. The minimum absolute atomic E-state index is 0.260. The van der Waals surface area contributed by atoms with Gasteiger partial charge in [-0.25, -0.2) is 17.4 Å². The average molecular weight is 512 g/mol. The summed E-state index contributed by atoms with van der Waals surface area (Å²) in [7, 11) is -3.77. The summed E-state index contributed by atoms with van der Waals surface area (Å²) in [6, 6.07) is 30.1. The predicted octanol–water partition coefficient (Wildman–Crippen LogP) is 6.91.